The summed E-state index contributed by atoms with van der Waals surface area (Å²) in [6.07, 6.45) is 1.28. The number of benzene rings is 1. The van der Waals surface area contributed by atoms with Crippen LogP contribution < -0.4 is 4.74 Å². The Morgan fingerprint density at radius 1 is 1.40 bits per heavy atom. The van der Waals surface area contributed by atoms with Gasteiger partial charge in [0.15, 0.2) is 0 Å². The fourth-order valence-electron chi connectivity index (χ4n) is 1.60. The molecule has 0 aromatic heterocycles. The van der Waals surface area contributed by atoms with Crippen LogP contribution in [0.2, 0.25) is 0 Å². The maximum absolute atomic E-state index is 11.3. The first-order chi connectivity index (χ1) is 7.29. The summed E-state index contributed by atoms with van der Waals surface area (Å²) in [6, 6.07) is 5.66. The monoisotopic (exact) mass is 206 g/mol. The third kappa shape index (κ3) is 2.36. The van der Waals surface area contributed by atoms with Crippen molar-refractivity contribution in [2.45, 2.75) is 33.0 Å². The van der Waals surface area contributed by atoms with Gasteiger partial charge in [0.25, 0.3) is 0 Å². The zero-order valence-electron chi connectivity index (χ0n) is 8.79. The second-order valence-electron chi connectivity index (χ2n) is 3.65. The third-order valence-corrected chi connectivity index (χ3v) is 2.38. The van der Waals surface area contributed by atoms with Crippen molar-refractivity contribution in [2.75, 3.05) is 0 Å². The predicted octanol–water partition coefficient (Wildman–Crippen LogP) is 2.42. The fourth-order valence-corrected chi connectivity index (χ4v) is 1.60. The summed E-state index contributed by atoms with van der Waals surface area (Å²) < 4.78 is 10.5. The van der Waals surface area contributed by atoms with E-state index in [0.717, 1.165) is 12.0 Å². The number of hydrogen-bond acceptors (Lipinski definition) is 3. The lowest BCUT2D eigenvalue weighted by Gasteiger charge is -2.04. The van der Waals surface area contributed by atoms with Gasteiger partial charge in [-0.3, -0.25) is 4.79 Å². The molecule has 0 bridgehead atoms. The fraction of sp³-hybridized carbons (Fsp3) is 0.417. The van der Waals surface area contributed by atoms with Gasteiger partial charge < -0.3 is 9.47 Å². The Morgan fingerprint density at radius 3 is 3.00 bits per heavy atom. The van der Waals surface area contributed by atoms with Crippen LogP contribution in [0.4, 0.5) is 0 Å². The largest absolute Gasteiger partial charge is 0.427 e. The number of esters is 1. The standard InChI is InChI=1S/C12H14O3/c1-2-3-12(13)15-11-5-4-9-7-14-8-10(9)6-11/h4-6H,2-3,7-8H2,1H3. The molecule has 0 spiro atoms. The number of carbonyl (C=O) groups excluding carboxylic acids is 1. The second-order valence-corrected chi connectivity index (χ2v) is 3.65. The zero-order chi connectivity index (χ0) is 10.7. The van der Waals surface area contributed by atoms with E-state index >= 15 is 0 Å². The van der Waals surface area contributed by atoms with Crippen molar-refractivity contribution in [1.29, 1.82) is 0 Å². The number of carbonyl (C=O) groups is 1. The van der Waals surface area contributed by atoms with Crippen LogP contribution in [0.1, 0.15) is 30.9 Å². The zero-order valence-corrected chi connectivity index (χ0v) is 8.79. The number of ether oxygens (including phenoxy) is 2. The Hall–Kier alpha value is -1.35. The van der Waals surface area contributed by atoms with Gasteiger partial charge in [-0.2, -0.15) is 0 Å². The lowest BCUT2D eigenvalue weighted by molar-refractivity contribution is -0.134. The van der Waals surface area contributed by atoms with Crippen LogP contribution in [-0.4, -0.2) is 5.97 Å². The van der Waals surface area contributed by atoms with E-state index in [1.807, 2.05) is 25.1 Å². The molecule has 0 saturated carbocycles. The average Bonchev–Trinajstić information content (AvgIpc) is 2.65. The van der Waals surface area contributed by atoms with E-state index in [1.54, 1.807) is 0 Å². The first kappa shape index (κ1) is 10.2. The molecule has 1 heterocycles. The van der Waals surface area contributed by atoms with Gasteiger partial charge in [0.1, 0.15) is 5.75 Å². The molecule has 1 aromatic rings. The normalized spacial score (nSPS) is 13.7. The molecule has 0 atom stereocenters. The van der Waals surface area contributed by atoms with E-state index in [-0.39, 0.29) is 5.97 Å². The SMILES string of the molecule is CCCC(=O)Oc1ccc2c(c1)COC2. The lowest BCUT2D eigenvalue weighted by Crippen LogP contribution is -2.07. The molecule has 0 fully saturated rings. The minimum absolute atomic E-state index is 0.170. The minimum Gasteiger partial charge on any atom is -0.427 e. The molecule has 0 aliphatic carbocycles. The van der Waals surface area contributed by atoms with Gasteiger partial charge >= 0.3 is 5.97 Å². The molecule has 15 heavy (non-hydrogen) atoms. The quantitative estimate of drug-likeness (QED) is 0.562. The van der Waals surface area contributed by atoms with Crippen molar-refractivity contribution in [3.05, 3.63) is 29.3 Å². The number of rotatable bonds is 3. The molecule has 1 aromatic carbocycles. The molecule has 0 radical (unpaired) electrons. The predicted molar refractivity (Wildman–Crippen MR) is 55.5 cm³/mol. The highest BCUT2D eigenvalue weighted by molar-refractivity contribution is 5.72. The first-order valence-electron chi connectivity index (χ1n) is 5.20. The molecule has 80 valence electrons. The van der Waals surface area contributed by atoms with Crippen LogP contribution in [0.25, 0.3) is 0 Å². The summed E-state index contributed by atoms with van der Waals surface area (Å²) in [7, 11) is 0. The topological polar surface area (TPSA) is 35.5 Å². The average molecular weight is 206 g/mol. The maximum atomic E-state index is 11.3. The van der Waals surface area contributed by atoms with Crippen LogP contribution in [-0.2, 0) is 22.7 Å². The maximum Gasteiger partial charge on any atom is 0.311 e. The summed E-state index contributed by atoms with van der Waals surface area (Å²) in [5, 5.41) is 0. The van der Waals surface area contributed by atoms with E-state index in [4.69, 9.17) is 9.47 Å². The smallest absolute Gasteiger partial charge is 0.311 e. The molecule has 0 unspecified atom stereocenters. The summed E-state index contributed by atoms with van der Waals surface area (Å²) in [5.74, 6) is 0.453. The molecule has 1 aliphatic rings. The molecule has 0 saturated heterocycles. The van der Waals surface area contributed by atoms with E-state index in [1.165, 1.54) is 5.56 Å². The van der Waals surface area contributed by atoms with Crippen molar-refractivity contribution in [1.82, 2.24) is 0 Å². The third-order valence-electron chi connectivity index (χ3n) is 2.38. The highest BCUT2D eigenvalue weighted by atomic mass is 16.5. The summed E-state index contributed by atoms with van der Waals surface area (Å²) in [4.78, 5) is 11.3. The van der Waals surface area contributed by atoms with Crippen molar-refractivity contribution in [3.63, 3.8) is 0 Å². The second kappa shape index (κ2) is 4.45. The van der Waals surface area contributed by atoms with Crippen molar-refractivity contribution < 1.29 is 14.3 Å². The van der Waals surface area contributed by atoms with Crippen LogP contribution in [0, 0.1) is 0 Å². The Labute approximate surface area is 89.0 Å². The van der Waals surface area contributed by atoms with Crippen LogP contribution in [0.5, 0.6) is 5.75 Å². The molecule has 0 N–H and O–H groups in total. The van der Waals surface area contributed by atoms with E-state index in [2.05, 4.69) is 0 Å². The highest BCUT2D eigenvalue weighted by Crippen LogP contribution is 2.24. The summed E-state index contributed by atoms with van der Waals surface area (Å²) in [5.41, 5.74) is 2.31. The Morgan fingerprint density at radius 2 is 2.20 bits per heavy atom. The van der Waals surface area contributed by atoms with Gasteiger partial charge in [-0.1, -0.05) is 13.0 Å². The van der Waals surface area contributed by atoms with Crippen molar-refractivity contribution in [2.24, 2.45) is 0 Å². The van der Waals surface area contributed by atoms with Gasteiger partial charge in [-0.15, -0.1) is 0 Å². The molecular formula is C12H14O3. The van der Waals surface area contributed by atoms with Gasteiger partial charge in [-0.25, -0.2) is 0 Å². The molecule has 0 amide bonds. The Kier molecular flexibility index (Phi) is 3.02. The van der Waals surface area contributed by atoms with E-state index in [0.29, 0.717) is 25.4 Å². The molecule has 2 rings (SSSR count). The summed E-state index contributed by atoms with van der Waals surface area (Å²) in [6.45, 7) is 3.24. The van der Waals surface area contributed by atoms with Gasteiger partial charge in [0.2, 0.25) is 0 Å². The van der Waals surface area contributed by atoms with Gasteiger partial charge in [0.05, 0.1) is 13.2 Å². The Balaban J connectivity index is 2.06. The van der Waals surface area contributed by atoms with Gasteiger partial charge in [0, 0.05) is 6.42 Å². The van der Waals surface area contributed by atoms with E-state index < -0.39 is 0 Å². The number of hydrogen-bond donors (Lipinski definition) is 0. The van der Waals surface area contributed by atoms with E-state index in [9.17, 15) is 4.79 Å². The van der Waals surface area contributed by atoms with Crippen LogP contribution in [0.15, 0.2) is 18.2 Å². The first-order valence-corrected chi connectivity index (χ1v) is 5.20. The lowest BCUT2D eigenvalue weighted by atomic mass is 10.1. The molecular weight excluding hydrogens is 192 g/mol. The Bertz CT molecular complexity index is 371. The molecule has 3 nitrogen and oxygen atoms in total. The van der Waals surface area contributed by atoms with Crippen LogP contribution in [0.3, 0.4) is 0 Å². The summed E-state index contributed by atoms with van der Waals surface area (Å²) >= 11 is 0. The van der Waals surface area contributed by atoms with Crippen molar-refractivity contribution >= 4 is 5.97 Å². The van der Waals surface area contributed by atoms with Crippen molar-refractivity contribution in [3.8, 4) is 5.75 Å². The number of fused-ring (bicyclic) bond motifs is 1. The minimum atomic E-state index is -0.170. The van der Waals surface area contributed by atoms with Crippen LogP contribution >= 0.6 is 0 Å². The molecule has 1 aliphatic heterocycles. The highest BCUT2D eigenvalue weighted by Gasteiger charge is 2.12. The molecule has 3 heteroatoms. The van der Waals surface area contributed by atoms with Gasteiger partial charge in [-0.05, 0) is 29.7 Å².